The van der Waals surface area contributed by atoms with Crippen LogP contribution in [0.15, 0.2) is 11.6 Å². The molecule has 0 bridgehead atoms. The van der Waals surface area contributed by atoms with Crippen molar-refractivity contribution in [2.75, 3.05) is 14.2 Å². The summed E-state index contributed by atoms with van der Waals surface area (Å²) in [6, 6.07) is 0. The molecule has 13 heavy (non-hydrogen) atoms. The fourth-order valence-corrected chi connectivity index (χ4v) is 1.66. The number of hydrogen-bond acceptors (Lipinski definition) is 3. The molecule has 0 aromatic heterocycles. The second-order valence-electron chi connectivity index (χ2n) is 3.31. The molecule has 1 aliphatic rings. The average Bonchev–Trinajstić information content (AvgIpc) is 2.21. The first kappa shape index (κ1) is 10.7. The van der Waals surface area contributed by atoms with Crippen molar-refractivity contribution in [2.45, 2.75) is 38.1 Å². The molecule has 0 saturated heterocycles. The number of methoxy groups -OCH3 is 2. The van der Waals surface area contributed by atoms with E-state index in [1.807, 2.05) is 0 Å². The summed E-state index contributed by atoms with van der Waals surface area (Å²) >= 11 is 0. The summed E-state index contributed by atoms with van der Waals surface area (Å²) in [7, 11) is 3.08. The van der Waals surface area contributed by atoms with Gasteiger partial charge < -0.3 is 14.6 Å². The minimum Gasteiger partial charge on any atom is -0.383 e. The SMILES string of the molecule is COC(OC)C(O)C1=CCCCC1. The Labute approximate surface area is 79.3 Å². The summed E-state index contributed by atoms with van der Waals surface area (Å²) in [5.74, 6) is 0. The molecule has 0 aliphatic heterocycles. The first-order valence-corrected chi connectivity index (χ1v) is 4.72. The van der Waals surface area contributed by atoms with E-state index in [0.29, 0.717) is 0 Å². The lowest BCUT2D eigenvalue weighted by molar-refractivity contribution is -0.153. The zero-order valence-corrected chi connectivity index (χ0v) is 8.32. The van der Waals surface area contributed by atoms with Crippen molar-refractivity contribution in [1.29, 1.82) is 0 Å². The minimum atomic E-state index is -0.602. The van der Waals surface area contributed by atoms with Crippen LogP contribution in [-0.4, -0.2) is 31.7 Å². The summed E-state index contributed by atoms with van der Waals surface area (Å²) in [4.78, 5) is 0. The molecule has 3 heteroatoms. The van der Waals surface area contributed by atoms with E-state index >= 15 is 0 Å². The van der Waals surface area contributed by atoms with E-state index in [1.54, 1.807) is 14.2 Å². The molecule has 0 aromatic carbocycles. The quantitative estimate of drug-likeness (QED) is 0.533. The molecule has 1 unspecified atom stereocenters. The van der Waals surface area contributed by atoms with E-state index in [0.717, 1.165) is 24.8 Å². The van der Waals surface area contributed by atoms with Gasteiger partial charge in [0.15, 0.2) is 6.29 Å². The number of aliphatic hydroxyl groups is 1. The van der Waals surface area contributed by atoms with E-state index in [9.17, 15) is 5.11 Å². The number of hydrogen-bond donors (Lipinski definition) is 1. The Kier molecular flexibility index (Phi) is 4.42. The van der Waals surface area contributed by atoms with Crippen LogP contribution in [0, 0.1) is 0 Å². The Morgan fingerprint density at radius 3 is 2.46 bits per heavy atom. The van der Waals surface area contributed by atoms with Crippen molar-refractivity contribution >= 4 is 0 Å². The second kappa shape index (κ2) is 5.37. The lowest BCUT2D eigenvalue weighted by Gasteiger charge is -2.24. The monoisotopic (exact) mass is 186 g/mol. The standard InChI is InChI=1S/C10H18O3/c1-12-10(13-2)9(11)8-6-4-3-5-7-8/h6,9-11H,3-5,7H2,1-2H3. The fraction of sp³-hybridized carbons (Fsp3) is 0.800. The first-order valence-electron chi connectivity index (χ1n) is 4.72. The van der Waals surface area contributed by atoms with Gasteiger partial charge in [0.25, 0.3) is 0 Å². The molecular formula is C10H18O3. The summed E-state index contributed by atoms with van der Waals surface area (Å²) in [5, 5.41) is 9.82. The molecule has 76 valence electrons. The molecule has 1 N–H and O–H groups in total. The Bertz CT molecular complexity index is 173. The number of rotatable bonds is 4. The van der Waals surface area contributed by atoms with Crippen molar-refractivity contribution in [2.24, 2.45) is 0 Å². The van der Waals surface area contributed by atoms with Gasteiger partial charge in [-0.2, -0.15) is 0 Å². The topological polar surface area (TPSA) is 38.7 Å². The van der Waals surface area contributed by atoms with Crippen molar-refractivity contribution in [3.8, 4) is 0 Å². The maximum Gasteiger partial charge on any atom is 0.186 e. The van der Waals surface area contributed by atoms with E-state index in [2.05, 4.69) is 6.08 Å². The predicted octanol–water partition coefficient (Wildman–Crippen LogP) is 1.47. The van der Waals surface area contributed by atoms with Crippen LogP contribution in [0.2, 0.25) is 0 Å². The summed E-state index contributed by atoms with van der Waals surface area (Å²) < 4.78 is 10.0. The van der Waals surface area contributed by atoms with Crippen LogP contribution >= 0.6 is 0 Å². The Balaban J connectivity index is 2.53. The third-order valence-electron chi connectivity index (χ3n) is 2.43. The van der Waals surface area contributed by atoms with E-state index in [1.165, 1.54) is 6.42 Å². The summed E-state index contributed by atoms with van der Waals surface area (Å²) in [6.07, 6.45) is 5.37. The molecule has 0 heterocycles. The number of aliphatic hydroxyl groups excluding tert-OH is 1. The van der Waals surface area contributed by atoms with Crippen molar-refractivity contribution in [1.82, 2.24) is 0 Å². The van der Waals surface area contributed by atoms with Gasteiger partial charge in [-0.1, -0.05) is 6.08 Å². The van der Waals surface area contributed by atoms with Gasteiger partial charge in [-0.05, 0) is 31.3 Å². The number of ether oxygens (including phenoxy) is 2. The van der Waals surface area contributed by atoms with Gasteiger partial charge in [0.1, 0.15) is 6.10 Å². The molecular weight excluding hydrogens is 168 g/mol. The Morgan fingerprint density at radius 2 is 2.00 bits per heavy atom. The van der Waals surface area contributed by atoms with E-state index in [-0.39, 0.29) is 0 Å². The van der Waals surface area contributed by atoms with Gasteiger partial charge in [-0.25, -0.2) is 0 Å². The van der Waals surface area contributed by atoms with Crippen LogP contribution in [0.1, 0.15) is 25.7 Å². The van der Waals surface area contributed by atoms with Crippen LogP contribution in [0.25, 0.3) is 0 Å². The van der Waals surface area contributed by atoms with Gasteiger partial charge in [0.2, 0.25) is 0 Å². The molecule has 0 radical (unpaired) electrons. The lowest BCUT2D eigenvalue weighted by atomic mass is 9.95. The smallest absolute Gasteiger partial charge is 0.186 e. The highest BCUT2D eigenvalue weighted by atomic mass is 16.7. The Hall–Kier alpha value is -0.380. The third-order valence-corrected chi connectivity index (χ3v) is 2.43. The van der Waals surface area contributed by atoms with Gasteiger partial charge in [-0.15, -0.1) is 0 Å². The summed E-state index contributed by atoms with van der Waals surface area (Å²) in [5.41, 5.74) is 1.06. The normalized spacial score (nSPS) is 20.2. The lowest BCUT2D eigenvalue weighted by Crippen LogP contribution is -2.31. The maximum absolute atomic E-state index is 9.82. The zero-order chi connectivity index (χ0) is 9.68. The minimum absolute atomic E-state index is 0.524. The van der Waals surface area contributed by atoms with Gasteiger partial charge in [0.05, 0.1) is 0 Å². The van der Waals surface area contributed by atoms with Crippen molar-refractivity contribution < 1.29 is 14.6 Å². The maximum atomic E-state index is 9.82. The molecule has 0 fully saturated rings. The van der Waals surface area contributed by atoms with Crippen LogP contribution in [0.3, 0.4) is 0 Å². The predicted molar refractivity (Wildman–Crippen MR) is 50.4 cm³/mol. The molecule has 0 aromatic rings. The average molecular weight is 186 g/mol. The first-order chi connectivity index (χ1) is 6.29. The molecule has 0 amide bonds. The van der Waals surface area contributed by atoms with Gasteiger partial charge >= 0.3 is 0 Å². The molecule has 1 rings (SSSR count). The zero-order valence-electron chi connectivity index (χ0n) is 8.32. The highest BCUT2D eigenvalue weighted by Crippen LogP contribution is 2.22. The van der Waals surface area contributed by atoms with Gasteiger partial charge in [0, 0.05) is 14.2 Å². The molecule has 0 spiro atoms. The highest BCUT2D eigenvalue weighted by molar-refractivity contribution is 5.11. The molecule has 3 nitrogen and oxygen atoms in total. The van der Waals surface area contributed by atoms with Crippen molar-refractivity contribution in [3.05, 3.63) is 11.6 Å². The molecule has 1 atom stereocenters. The van der Waals surface area contributed by atoms with Crippen LogP contribution in [0.5, 0.6) is 0 Å². The third kappa shape index (κ3) is 2.79. The van der Waals surface area contributed by atoms with Crippen LogP contribution in [-0.2, 0) is 9.47 Å². The van der Waals surface area contributed by atoms with Crippen LogP contribution < -0.4 is 0 Å². The fourth-order valence-electron chi connectivity index (χ4n) is 1.66. The van der Waals surface area contributed by atoms with Crippen molar-refractivity contribution in [3.63, 3.8) is 0 Å². The summed E-state index contributed by atoms with van der Waals surface area (Å²) in [6.45, 7) is 0. The Morgan fingerprint density at radius 1 is 1.31 bits per heavy atom. The largest absolute Gasteiger partial charge is 0.383 e. The molecule has 1 aliphatic carbocycles. The highest BCUT2D eigenvalue weighted by Gasteiger charge is 2.22. The van der Waals surface area contributed by atoms with E-state index in [4.69, 9.17) is 9.47 Å². The molecule has 0 saturated carbocycles. The second-order valence-corrected chi connectivity index (χ2v) is 3.31. The van der Waals surface area contributed by atoms with Gasteiger partial charge in [-0.3, -0.25) is 0 Å². The van der Waals surface area contributed by atoms with Crippen LogP contribution in [0.4, 0.5) is 0 Å². The number of allylic oxidation sites excluding steroid dienone is 1. The van der Waals surface area contributed by atoms with E-state index < -0.39 is 12.4 Å².